The number of aryl methyl sites for hydroxylation is 1. The second kappa shape index (κ2) is 7.49. The zero-order valence-electron chi connectivity index (χ0n) is 10.6. The Morgan fingerprint density at radius 1 is 1.47 bits per heavy atom. The number of halogens is 1. The Hall–Kier alpha value is -0.830. The average molecular weight is 254 g/mol. The summed E-state index contributed by atoms with van der Waals surface area (Å²) in [5, 5.41) is 4.12. The van der Waals surface area contributed by atoms with Crippen LogP contribution in [-0.4, -0.2) is 19.8 Å². The molecule has 0 radical (unpaired) electrons. The van der Waals surface area contributed by atoms with Crippen LogP contribution in [0.3, 0.4) is 0 Å². The third-order valence-electron chi connectivity index (χ3n) is 2.30. The molecule has 1 rings (SSSR count). The van der Waals surface area contributed by atoms with Crippen LogP contribution in [0.15, 0.2) is 30.4 Å². The quantitative estimate of drug-likeness (QED) is 0.595. The summed E-state index contributed by atoms with van der Waals surface area (Å²) in [4.78, 5) is 0. The molecular weight excluding hydrogens is 234 g/mol. The van der Waals surface area contributed by atoms with Crippen LogP contribution in [0.5, 0.6) is 0 Å². The molecule has 0 aromatic heterocycles. The Balaban J connectivity index is 2.20. The van der Waals surface area contributed by atoms with Crippen LogP contribution in [0.1, 0.15) is 18.1 Å². The van der Waals surface area contributed by atoms with Gasteiger partial charge in [0.2, 0.25) is 0 Å². The van der Waals surface area contributed by atoms with E-state index in [1.165, 1.54) is 5.56 Å². The van der Waals surface area contributed by atoms with Gasteiger partial charge in [-0.05, 0) is 31.0 Å². The number of benzene rings is 1. The summed E-state index contributed by atoms with van der Waals surface area (Å²) >= 11 is 6.13. The van der Waals surface area contributed by atoms with Crippen LogP contribution < -0.4 is 5.32 Å². The highest BCUT2D eigenvalue weighted by atomic mass is 35.5. The largest absolute Gasteiger partial charge is 0.376 e. The van der Waals surface area contributed by atoms with E-state index in [2.05, 4.69) is 24.0 Å². The first-order chi connectivity index (χ1) is 8.09. The van der Waals surface area contributed by atoms with E-state index < -0.39 is 0 Å². The highest BCUT2D eigenvalue weighted by molar-refractivity contribution is 6.31. The van der Waals surface area contributed by atoms with Gasteiger partial charge in [0.1, 0.15) is 0 Å². The van der Waals surface area contributed by atoms with Crippen LogP contribution in [0.25, 0.3) is 0 Å². The van der Waals surface area contributed by atoms with Gasteiger partial charge in [0, 0.05) is 18.1 Å². The van der Waals surface area contributed by atoms with Gasteiger partial charge in [-0.15, -0.1) is 0 Å². The van der Waals surface area contributed by atoms with Crippen molar-refractivity contribution in [2.75, 3.05) is 19.8 Å². The molecule has 1 aromatic carbocycles. The molecule has 0 aliphatic heterocycles. The molecule has 1 aromatic rings. The molecular formula is C14H20ClNO. The van der Waals surface area contributed by atoms with Crippen molar-refractivity contribution in [2.45, 2.75) is 20.4 Å². The molecule has 0 saturated heterocycles. The molecule has 0 spiro atoms. The Labute approximate surface area is 109 Å². The molecule has 2 nitrogen and oxygen atoms in total. The minimum Gasteiger partial charge on any atom is -0.376 e. The molecule has 0 saturated carbocycles. The third-order valence-corrected chi connectivity index (χ3v) is 2.65. The fourth-order valence-corrected chi connectivity index (χ4v) is 1.71. The smallest absolute Gasteiger partial charge is 0.0672 e. The summed E-state index contributed by atoms with van der Waals surface area (Å²) in [6.07, 6.45) is 0. The van der Waals surface area contributed by atoms with Gasteiger partial charge in [-0.2, -0.15) is 0 Å². The van der Waals surface area contributed by atoms with Gasteiger partial charge in [0.05, 0.1) is 13.2 Å². The standard InChI is InChI=1S/C14H20ClNO/c1-11(2)10-17-7-6-16-9-13-5-4-12(3)8-14(13)15/h4-5,8,16H,1,6-7,9-10H2,2-3H3. The zero-order chi connectivity index (χ0) is 12.7. The van der Waals surface area contributed by atoms with Crippen molar-refractivity contribution in [1.29, 1.82) is 0 Å². The third kappa shape index (κ3) is 5.87. The van der Waals surface area contributed by atoms with Gasteiger partial charge in [0.25, 0.3) is 0 Å². The lowest BCUT2D eigenvalue weighted by Crippen LogP contribution is -2.19. The Morgan fingerprint density at radius 3 is 2.88 bits per heavy atom. The molecule has 0 fully saturated rings. The molecule has 94 valence electrons. The molecule has 1 N–H and O–H groups in total. The summed E-state index contributed by atoms with van der Waals surface area (Å²) in [7, 11) is 0. The highest BCUT2D eigenvalue weighted by Gasteiger charge is 1.99. The van der Waals surface area contributed by atoms with Gasteiger partial charge in [-0.3, -0.25) is 0 Å². The maximum atomic E-state index is 6.13. The molecule has 0 aliphatic carbocycles. The molecule has 0 atom stereocenters. The van der Waals surface area contributed by atoms with E-state index in [1.54, 1.807) is 0 Å². The van der Waals surface area contributed by atoms with E-state index in [0.29, 0.717) is 13.2 Å². The van der Waals surface area contributed by atoms with Gasteiger partial charge < -0.3 is 10.1 Å². The van der Waals surface area contributed by atoms with Crippen LogP contribution in [-0.2, 0) is 11.3 Å². The first-order valence-corrected chi connectivity index (χ1v) is 6.15. The lowest BCUT2D eigenvalue weighted by Gasteiger charge is -2.08. The lowest BCUT2D eigenvalue weighted by molar-refractivity contribution is 0.158. The minimum absolute atomic E-state index is 0.632. The van der Waals surface area contributed by atoms with Crippen molar-refractivity contribution in [3.63, 3.8) is 0 Å². The molecule has 0 bridgehead atoms. The summed E-state index contributed by atoms with van der Waals surface area (Å²) in [6, 6.07) is 6.11. The number of hydrogen-bond acceptors (Lipinski definition) is 2. The van der Waals surface area contributed by atoms with Crippen molar-refractivity contribution in [1.82, 2.24) is 5.32 Å². The number of rotatable bonds is 7. The Kier molecular flexibility index (Phi) is 6.27. The van der Waals surface area contributed by atoms with E-state index in [9.17, 15) is 0 Å². The fraction of sp³-hybridized carbons (Fsp3) is 0.429. The molecule has 0 heterocycles. The first-order valence-electron chi connectivity index (χ1n) is 5.77. The van der Waals surface area contributed by atoms with Gasteiger partial charge in [-0.25, -0.2) is 0 Å². The average Bonchev–Trinajstić information content (AvgIpc) is 2.25. The Bertz CT molecular complexity index is 376. The second-order valence-corrected chi connectivity index (χ2v) is 4.69. The normalized spacial score (nSPS) is 10.5. The van der Waals surface area contributed by atoms with E-state index >= 15 is 0 Å². The van der Waals surface area contributed by atoms with Crippen molar-refractivity contribution in [3.8, 4) is 0 Å². The van der Waals surface area contributed by atoms with Crippen LogP contribution in [0.4, 0.5) is 0 Å². The molecule has 17 heavy (non-hydrogen) atoms. The van der Waals surface area contributed by atoms with Gasteiger partial charge in [-0.1, -0.05) is 35.9 Å². The Morgan fingerprint density at radius 2 is 2.24 bits per heavy atom. The minimum atomic E-state index is 0.632. The van der Waals surface area contributed by atoms with Gasteiger partial charge >= 0.3 is 0 Å². The SMILES string of the molecule is C=C(C)COCCNCc1ccc(C)cc1Cl. The van der Waals surface area contributed by atoms with E-state index in [1.807, 2.05) is 19.9 Å². The first kappa shape index (κ1) is 14.2. The topological polar surface area (TPSA) is 21.3 Å². The molecule has 0 unspecified atom stereocenters. The lowest BCUT2D eigenvalue weighted by atomic mass is 10.1. The summed E-state index contributed by atoms with van der Waals surface area (Å²) in [5.41, 5.74) is 3.35. The molecule has 0 amide bonds. The van der Waals surface area contributed by atoms with E-state index in [4.69, 9.17) is 16.3 Å². The predicted molar refractivity (Wildman–Crippen MR) is 73.5 cm³/mol. The second-order valence-electron chi connectivity index (χ2n) is 4.28. The summed E-state index contributed by atoms with van der Waals surface area (Å²) in [5.74, 6) is 0. The monoisotopic (exact) mass is 253 g/mol. The number of ether oxygens (including phenoxy) is 1. The van der Waals surface area contributed by atoms with Crippen LogP contribution in [0, 0.1) is 6.92 Å². The van der Waals surface area contributed by atoms with Crippen LogP contribution in [0.2, 0.25) is 5.02 Å². The summed E-state index contributed by atoms with van der Waals surface area (Å²) < 4.78 is 5.39. The number of nitrogens with one attached hydrogen (secondary N) is 1. The maximum Gasteiger partial charge on any atom is 0.0672 e. The fourth-order valence-electron chi connectivity index (χ4n) is 1.41. The molecule has 3 heteroatoms. The maximum absolute atomic E-state index is 6.13. The van der Waals surface area contributed by atoms with Crippen molar-refractivity contribution < 1.29 is 4.74 Å². The van der Waals surface area contributed by atoms with Crippen molar-refractivity contribution >= 4 is 11.6 Å². The summed E-state index contributed by atoms with van der Waals surface area (Å²) in [6.45, 7) is 10.7. The predicted octanol–water partition coefficient (Wildman–Crippen LogP) is 3.33. The van der Waals surface area contributed by atoms with Crippen molar-refractivity contribution in [3.05, 3.63) is 46.5 Å². The zero-order valence-corrected chi connectivity index (χ0v) is 11.3. The van der Waals surface area contributed by atoms with E-state index in [-0.39, 0.29) is 0 Å². The van der Waals surface area contributed by atoms with E-state index in [0.717, 1.165) is 29.2 Å². The van der Waals surface area contributed by atoms with Crippen molar-refractivity contribution in [2.24, 2.45) is 0 Å². The van der Waals surface area contributed by atoms with Crippen LogP contribution >= 0.6 is 11.6 Å². The van der Waals surface area contributed by atoms with Gasteiger partial charge in [0.15, 0.2) is 0 Å². The number of hydrogen-bond donors (Lipinski definition) is 1. The molecule has 0 aliphatic rings. The highest BCUT2D eigenvalue weighted by Crippen LogP contribution is 2.16.